The van der Waals surface area contributed by atoms with Gasteiger partial charge in [0.1, 0.15) is 5.69 Å². The van der Waals surface area contributed by atoms with Crippen LogP contribution >= 0.6 is 0 Å². The molecule has 5 rings (SSSR count). The van der Waals surface area contributed by atoms with Gasteiger partial charge in [-0.2, -0.15) is 9.78 Å². The van der Waals surface area contributed by atoms with Gasteiger partial charge >= 0.3 is 0 Å². The van der Waals surface area contributed by atoms with Crippen LogP contribution in [0.4, 0.5) is 5.82 Å². The Kier molecular flexibility index (Phi) is 5.82. The van der Waals surface area contributed by atoms with E-state index < -0.39 is 5.91 Å². The zero-order valence-electron chi connectivity index (χ0n) is 19.4. The first kappa shape index (κ1) is 22.6. The molecule has 4 aromatic rings. The van der Waals surface area contributed by atoms with Gasteiger partial charge < -0.3 is 24.7 Å². The molecule has 0 radical (unpaired) electrons. The highest BCUT2D eigenvalue weighted by molar-refractivity contribution is 6.02. The first-order valence-corrected chi connectivity index (χ1v) is 10.5. The number of ether oxygens (including phenoxy) is 4. The first-order chi connectivity index (χ1) is 17.5. The largest absolute Gasteiger partial charge is 0.493 e. The van der Waals surface area contributed by atoms with Crippen LogP contribution in [-0.4, -0.2) is 57.9 Å². The molecule has 14 heteroatoms. The summed E-state index contributed by atoms with van der Waals surface area (Å²) in [5.41, 5.74) is 10.4. The van der Waals surface area contributed by atoms with Crippen LogP contribution in [0.1, 0.15) is 23.0 Å². The van der Waals surface area contributed by atoms with Gasteiger partial charge in [0.05, 0.1) is 19.9 Å². The third-order valence-corrected chi connectivity index (χ3v) is 5.35. The smallest absolute Gasteiger partial charge is 0.294 e. The molecular weight excluding hydrogens is 472 g/mol. The minimum atomic E-state index is -0.622. The molecule has 14 nitrogen and oxygen atoms in total. The number of carbonyl (C=O) groups is 1. The predicted octanol–water partition coefficient (Wildman–Crippen LogP) is 1.80. The number of nitrogens with two attached hydrogens (primary N) is 1. The molecule has 1 aliphatic heterocycles. The summed E-state index contributed by atoms with van der Waals surface area (Å²) in [4.78, 5) is 13.2. The van der Waals surface area contributed by atoms with Crippen LogP contribution in [0.3, 0.4) is 0 Å². The average Bonchev–Trinajstić information content (AvgIpc) is 3.65. The molecule has 0 spiro atoms. The van der Waals surface area contributed by atoms with Crippen molar-refractivity contribution in [1.82, 2.24) is 30.7 Å². The molecular formula is C22H20N8O6. The zero-order valence-corrected chi connectivity index (χ0v) is 19.4. The Bertz CT molecular complexity index is 1480. The zero-order chi connectivity index (χ0) is 25.2. The Hall–Kier alpha value is -5.14. The second kappa shape index (κ2) is 9.25. The molecule has 184 valence electrons. The van der Waals surface area contributed by atoms with Gasteiger partial charge in [-0.25, -0.2) is 10.1 Å². The molecule has 0 fully saturated rings. The number of aromatic nitrogens is 5. The summed E-state index contributed by atoms with van der Waals surface area (Å²) in [6, 6.07) is 10.4. The minimum Gasteiger partial charge on any atom is -0.493 e. The predicted molar refractivity (Wildman–Crippen MR) is 124 cm³/mol. The highest BCUT2D eigenvalue weighted by Crippen LogP contribution is 2.37. The standard InChI is InChI=1S/C22H20N8O6/c1-11(12-4-6-14(32-2)16(8-12)33-3)24-26-22(31)18-19(13-5-7-15-17(9-13)35-10-34-15)30(29-25-18)21-20(23)27-36-28-21/h4-9H,10H2,1-3H3,(H2,23,27)(H,26,31)/b24-11+. The van der Waals surface area contributed by atoms with E-state index >= 15 is 0 Å². The Morgan fingerprint density at radius 1 is 1.08 bits per heavy atom. The van der Waals surface area contributed by atoms with Gasteiger partial charge in [-0.1, -0.05) is 5.21 Å². The van der Waals surface area contributed by atoms with Crippen molar-refractivity contribution in [2.75, 3.05) is 26.7 Å². The van der Waals surface area contributed by atoms with E-state index in [1.807, 2.05) is 0 Å². The number of hydrogen-bond donors (Lipinski definition) is 2. The molecule has 0 atom stereocenters. The monoisotopic (exact) mass is 492 g/mol. The number of amides is 1. The lowest BCUT2D eigenvalue weighted by atomic mass is 10.1. The number of anilines is 1. The molecule has 3 N–H and O–H groups in total. The van der Waals surface area contributed by atoms with E-state index in [1.165, 1.54) is 11.8 Å². The fourth-order valence-electron chi connectivity index (χ4n) is 3.54. The molecule has 2 aromatic carbocycles. The van der Waals surface area contributed by atoms with Crippen LogP contribution in [0.25, 0.3) is 17.1 Å². The number of fused-ring (bicyclic) bond motifs is 1. The van der Waals surface area contributed by atoms with Crippen molar-refractivity contribution in [3.05, 3.63) is 47.7 Å². The second-order valence-corrected chi connectivity index (χ2v) is 7.45. The van der Waals surface area contributed by atoms with Crippen molar-refractivity contribution in [3.63, 3.8) is 0 Å². The van der Waals surface area contributed by atoms with Crippen LogP contribution in [-0.2, 0) is 0 Å². The van der Waals surface area contributed by atoms with E-state index in [9.17, 15) is 4.79 Å². The lowest BCUT2D eigenvalue weighted by Crippen LogP contribution is -2.21. The summed E-state index contributed by atoms with van der Waals surface area (Å²) < 4.78 is 27.4. The summed E-state index contributed by atoms with van der Waals surface area (Å²) in [5, 5.41) is 19.7. The third kappa shape index (κ3) is 4.00. The SMILES string of the molecule is COc1ccc(/C(C)=N/NC(=O)c2nnn(-c3nonc3N)c2-c2ccc3c(c2)OCO3)cc1OC. The van der Waals surface area contributed by atoms with Crippen LogP contribution < -0.4 is 30.1 Å². The average molecular weight is 492 g/mol. The molecule has 0 aliphatic carbocycles. The van der Waals surface area contributed by atoms with E-state index in [-0.39, 0.29) is 29.8 Å². The number of hydrazone groups is 1. The van der Waals surface area contributed by atoms with Crippen LogP contribution in [0.2, 0.25) is 0 Å². The third-order valence-electron chi connectivity index (χ3n) is 5.35. The summed E-state index contributed by atoms with van der Waals surface area (Å²) >= 11 is 0. The van der Waals surface area contributed by atoms with Gasteiger partial charge in [0.15, 0.2) is 28.7 Å². The summed E-state index contributed by atoms with van der Waals surface area (Å²) in [6.07, 6.45) is 0. The van der Waals surface area contributed by atoms with Crippen molar-refractivity contribution in [2.45, 2.75) is 6.92 Å². The van der Waals surface area contributed by atoms with Crippen molar-refractivity contribution in [2.24, 2.45) is 5.10 Å². The summed E-state index contributed by atoms with van der Waals surface area (Å²) in [5.74, 6) is 1.59. The van der Waals surface area contributed by atoms with Crippen LogP contribution in [0.15, 0.2) is 46.1 Å². The Balaban J connectivity index is 1.50. The highest BCUT2D eigenvalue weighted by Gasteiger charge is 2.27. The van der Waals surface area contributed by atoms with Gasteiger partial charge in [0.2, 0.25) is 18.4 Å². The Labute approximate surface area is 203 Å². The number of nitrogens with one attached hydrogen (secondary N) is 1. The van der Waals surface area contributed by atoms with Gasteiger partial charge in [-0.05, 0) is 53.6 Å². The number of nitrogen functional groups attached to an aromatic ring is 1. The molecule has 36 heavy (non-hydrogen) atoms. The molecule has 2 aromatic heterocycles. The number of carbonyl (C=O) groups excluding carboxylic acids is 1. The van der Waals surface area contributed by atoms with Gasteiger partial charge in [0.25, 0.3) is 5.91 Å². The first-order valence-electron chi connectivity index (χ1n) is 10.5. The molecule has 0 unspecified atom stereocenters. The topological polar surface area (TPSA) is 174 Å². The lowest BCUT2D eigenvalue weighted by molar-refractivity contribution is 0.0950. The van der Waals surface area contributed by atoms with E-state index in [4.69, 9.17) is 29.3 Å². The quantitative estimate of drug-likeness (QED) is 0.284. The molecule has 0 saturated heterocycles. The Morgan fingerprint density at radius 2 is 1.89 bits per heavy atom. The number of benzene rings is 2. The van der Waals surface area contributed by atoms with Crippen molar-refractivity contribution < 1.29 is 28.4 Å². The van der Waals surface area contributed by atoms with Gasteiger partial charge in [-0.15, -0.1) is 5.10 Å². The number of hydrogen-bond acceptors (Lipinski definition) is 12. The van der Waals surface area contributed by atoms with Crippen LogP contribution in [0.5, 0.6) is 23.0 Å². The van der Waals surface area contributed by atoms with Crippen molar-refractivity contribution >= 4 is 17.4 Å². The number of methoxy groups -OCH3 is 2. The minimum absolute atomic E-state index is 0.0313. The molecule has 3 heterocycles. The van der Waals surface area contributed by atoms with Crippen molar-refractivity contribution in [3.8, 4) is 40.1 Å². The summed E-state index contributed by atoms with van der Waals surface area (Å²) in [6.45, 7) is 1.83. The number of nitrogens with zero attached hydrogens (tertiary/aromatic N) is 6. The maximum Gasteiger partial charge on any atom is 0.294 e. The van der Waals surface area contributed by atoms with E-state index in [0.29, 0.717) is 39.8 Å². The lowest BCUT2D eigenvalue weighted by Gasteiger charge is -2.09. The molecule has 1 amide bonds. The van der Waals surface area contributed by atoms with E-state index in [0.717, 1.165) is 0 Å². The maximum absolute atomic E-state index is 13.2. The van der Waals surface area contributed by atoms with Gasteiger partial charge in [-0.3, -0.25) is 4.79 Å². The molecule has 1 aliphatic rings. The summed E-state index contributed by atoms with van der Waals surface area (Å²) in [7, 11) is 3.08. The van der Waals surface area contributed by atoms with Gasteiger partial charge in [0, 0.05) is 11.1 Å². The number of rotatable bonds is 7. The van der Waals surface area contributed by atoms with E-state index in [1.54, 1.807) is 50.4 Å². The Morgan fingerprint density at radius 3 is 2.64 bits per heavy atom. The molecule has 0 bridgehead atoms. The fourth-order valence-corrected chi connectivity index (χ4v) is 3.54. The van der Waals surface area contributed by atoms with E-state index in [2.05, 4.69) is 31.2 Å². The maximum atomic E-state index is 13.2. The van der Waals surface area contributed by atoms with Crippen molar-refractivity contribution in [1.29, 1.82) is 0 Å². The highest BCUT2D eigenvalue weighted by atomic mass is 16.7. The van der Waals surface area contributed by atoms with Crippen LogP contribution in [0, 0.1) is 0 Å². The molecule has 0 saturated carbocycles. The second-order valence-electron chi connectivity index (χ2n) is 7.45. The normalized spacial score (nSPS) is 12.5. The fraction of sp³-hybridized carbons (Fsp3) is 0.182.